The van der Waals surface area contributed by atoms with E-state index in [1.807, 2.05) is 77.4 Å². The topological polar surface area (TPSA) is 84.1 Å². The number of fused-ring (bicyclic) bond motifs is 5. The van der Waals surface area contributed by atoms with Gasteiger partial charge in [0.25, 0.3) is 5.56 Å². The fourth-order valence-electron chi connectivity index (χ4n) is 4.44. The monoisotopic (exact) mass is 447 g/mol. The van der Waals surface area contributed by atoms with Crippen LogP contribution in [0.1, 0.15) is 5.56 Å². The molecule has 3 aromatic carbocycles. The van der Waals surface area contributed by atoms with E-state index in [0.717, 1.165) is 22.3 Å². The van der Waals surface area contributed by atoms with Crippen LogP contribution in [0.3, 0.4) is 0 Å². The molecule has 0 fully saturated rings. The molecule has 1 aliphatic heterocycles. The van der Waals surface area contributed by atoms with Crippen LogP contribution in [0.15, 0.2) is 83.9 Å². The molecule has 0 N–H and O–H groups in total. The second-order valence-electron chi connectivity index (χ2n) is 8.12. The lowest BCUT2D eigenvalue weighted by Crippen LogP contribution is -2.21. The molecule has 6 aromatic rings. The minimum absolute atomic E-state index is 0.174. The number of hydrogen-bond acceptors (Lipinski definition) is 6. The number of para-hydroxylation sites is 3. The van der Waals surface area contributed by atoms with Crippen molar-refractivity contribution >= 4 is 33.2 Å². The van der Waals surface area contributed by atoms with E-state index >= 15 is 0 Å². The van der Waals surface area contributed by atoms with E-state index in [9.17, 15) is 4.79 Å². The molecule has 8 nitrogen and oxygen atoms in total. The summed E-state index contributed by atoms with van der Waals surface area (Å²) in [7, 11) is 0. The molecule has 4 heterocycles. The van der Waals surface area contributed by atoms with Gasteiger partial charge < -0.3 is 9.47 Å². The third-order valence-corrected chi connectivity index (χ3v) is 6.03. The Morgan fingerprint density at radius 2 is 1.59 bits per heavy atom. The van der Waals surface area contributed by atoms with Crippen molar-refractivity contribution in [1.82, 2.24) is 24.1 Å². The third kappa shape index (κ3) is 2.78. The molecule has 7 rings (SSSR count). The summed E-state index contributed by atoms with van der Waals surface area (Å²) in [6, 6.07) is 23.1. The van der Waals surface area contributed by atoms with Crippen LogP contribution >= 0.6 is 0 Å². The highest BCUT2D eigenvalue weighted by Crippen LogP contribution is 2.33. The van der Waals surface area contributed by atoms with E-state index in [-0.39, 0.29) is 12.4 Å². The van der Waals surface area contributed by atoms with Crippen LogP contribution in [-0.2, 0) is 6.54 Å². The van der Waals surface area contributed by atoms with E-state index in [1.165, 1.54) is 0 Å². The Hall–Kier alpha value is -4.72. The van der Waals surface area contributed by atoms with Crippen LogP contribution in [0, 0.1) is 0 Å². The molecule has 164 valence electrons. The highest BCUT2D eigenvalue weighted by molar-refractivity contribution is 6.05. The van der Waals surface area contributed by atoms with Crippen molar-refractivity contribution in [3.8, 4) is 17.2 Å². The smallest absolute Gasteiger partial charge is 0.265 e. The van der Waals surface area contributed by atoms with Crippen molar-refractivity contribution in [1.29, 1.82) is 0 Å². The summed E-state index contributed by atoms with van der Waals surface area (Å²) in [5.74, 6) is 1.38. The first-order valence-corrected chi connectivity index (χ1v) is 10.9. The van der Waals surface area contributed by atoms with Gasteiger partial charge in [-0.15, -0.1) is 0 Å². The number of nitrogens with zero attached hydrogens (tertiary/aromatic N) is 5. The summed E-state index contributed by atoms with van der Waals surface area (Å²) in [5, 5.41) is 0.445. The van der Waals surface area contributed by atoms with Gasteiger partial charge in [-0.3, -0.25) is 13.9 Å². The van der Waals surface area contributed by atoms with Gasteiger partial charge in [-0.1, -0.05) is 36.4 Å². The van der Waals surface area contributed by atoms with Gasteiger partial charge >= 0.3 is 0 Å². The molecule has 0 radical (unpaired) electrons. The summed E-state index contributed by atoms with van der Waals surface area (Å²) in [6.07, 6.45) is 1.58. The Bertz CT molecular complexity index is 1790. The Morgan fingerprint density at radius 3 is 2.44 bits per heavy atom. The van der Waals surface area contributed by atoms with Crippen LogP contribution in [0.25, 0.3) is 38.9 Å². The van der Waals surface area contributed by atoms with Gasteiger partial charge in [-0.05, 0) is 42.0 Å². The lowest BCUT2D eigenvalue weighted by Gasteiger charge is -2.08. The SMILES string of the molecule is O=c1c2c3nc4ccccc4nc3n(-c3ccccc3)c2ncn1Cc1ccc2c(c1)OCO2. The highest BCUT2D eigenvalue weighted by atomic mass is 16.7. The number of hydrogen-bond donors (Lipinski definition) is 0. The first-order chi connectivity index (χ1) is 16.8. The largest absolute Gasteiger partial charge is 0.454 e. The Labute approximate surface area is 192 Å². The molecule has 1 aliphatic rings. The van der Waals surface area contributed by atoms with E-state index in [2.05, 4.69) is 0 Å². The van der Waals surface area contributed by atoms with Crippen molar-refractivity contribution < 1.29 is 9.47 Å². The van der Waals surface area contributed by atoms with E-state index in [4.69, 9.17) is 24.4 Å². The maximum Gasteiger partial charge on any atom is 0.265 e. The summed E-state index contributed by atoms with van der Waals surface area (Å²) in [5.41, 5.74) is 4.77. The maximum absolute atomic E-state index is 13.7. The van der Waals surface area contributed by atoms with Crippen molar-refractivity contribution in [2.75, 3.05) is 6.79 Å². The van der Waals surface area contributed by atoms with E-state index < -0.39 is 0 Å². The summed E-state index contributed by atoms with van der Waals surface area (Å²) in [6.45, 7) is 0.551. The number of rotatable bonds is 3. The molecule has 3 aromatic heterocycles. The summed E-state index contributed by atoms with van der Waals surface area (Å²) >= 11 is 0. The quantitative estimate of drug-likeness (QED) is 0.407. The average molecular weight is 447 g/mol. The molecule has 0 saturated carbocycles. The van der Waals surface area contributed by atoms with Crippen LogP contribution in [-0.4, -0.2) is 30.9 Å². The highest BCUT2D eigenvalue weighted by Gasteiger charge is 2.21. The van der Waals surface area contributed by atoms with Crippen molar-refractivity contribution in [2.45, 2.75) is 6.54 Å². The molecule has 0 spiro atoms. The van der Waals surface area contributed by atoms with Crippen molar-refractivity contribution in [2.24, 2.45) is 0 Å². The second-order valence-corrected chi connectivity index (χ2v) is 8.12. The summed E-state index contributed by atoms with van der Waals surface area (Å²) in [4.78, 5) is 28.2. The van der Waals surface area contributed by atoms with Gasteiger partial charge in [0, 0.05) is 5.69 Å². The minimum Gasteiger partial charge on any atom is -0.454 e. The standard InChI is InChI=1S/C26H17N5O3/c32-26-22-23-25(29-19-9-5-4-8-18(19)28-23)31(17-6-2-1-3-7-17)24(22)27-14-30(26)13-16-10-11-20-21(12-16)34-15-33-20/h1-12,14H,13,15H2. The van der Waals surface area contributed by atoms with Crippen molar-refractivity contribution in [3.63, 3.8) is 0 Å². The molecule has 0 atom stereocenters. The molecule has 0 saturated heterocycles. The zero-order valence-corrected chi connectivity index (χ0v) is 17.9. The number of ether oxygens (including phenoxy) is 2. The van der Waals surface area contributed by atoms with Gasteiger partial charge in [0.2, 0.25) is 6.79 Å². The number of aromatic nitrogens is 5. The number of benzene rings is 3. The van der Waals surface area contributed by atoms with Crippen LogP contribution in [0.2, 0.25) is 0 Å². The predicted octanol–water partition coefficient (Wildman–Crippen LogP) is 4.06. The molecular formula is C26H17N5O3. The van der Waals surface area contributed by atoms with Gasteiger partial charge in [0.05, 0.1) is 17.6 Å². The third-order valence-electron chi connectivity index (χ3n) is 6.03. The Morgan fingerprint density at radius 1 is 0.824 bits per heavy atom. The normalized spacial score (nSPS) is 12.7. The molecule has 0 aliphatic carbocycles. The lowest BCUT2D eigenvalue weighted by atomic mass is 10.2. The van der Waals surface area contributed by atoms with Crippen LogP contribution in [0.5, 0.6) is 11.5 Å². The minimum atomic E-state index is -0.174. The molecule has 8 heteroatoms. The maximum atomic E-state index is 13.7. The molecule has 0 unspecified atom stereocenters. The van der Waals surface area contributed by atoms with Gasteiger partial charge in [-0.25, -0.2) is 15.0 Å². The zero-order valence-electron chi connectivity index (χ0n) is 17.9. The van der Waals surface area contributed by atoms with Crippen molar-refractivity contribution in [3.05, 3.63) is 95.0 Å². The molecular weight excluding hydrogens is 430 g/mol. The van der Waals surface area contributed by atoms with Gasteiger partial charge in [0.15, 0.2) is 22.8 Å². The van der Waals surface area contributed by atoms with E-state index in [1.54, 1.807) is 10.9 Å². The fourth-order valence-corrected chi connectivity index (χ4v) is 4.44. The average Bonchev–Trinajstić information content (AvgIpc) is 3.47. The molecule has 0 amide bonds. The van der Waals surface area contributed by atoms with Gasteiger partial charge in [-0.2, -0.15) is 0 Å². The zero-order chi connectivity index (χ0) is 22.6. The molecule has 34 heavy (non-hydrogen) atoms. The van der Waals surface area contributed by atoms with Crippen LogP contribution < -0.4 is 15.0 Å². The Balaban J connectivity index is 1.49. The summed E-state index contributed by atoms with van der Waals surface area (Å²) < 4.78 is 14.4. The fraction of sp³-hybridized carbons (Fsp3) is 0.0769. The first-order valence-electron chi connectivity index (χ1n) is 10.9. The first kappa shape index (κ1) is 18.8. The molecule has 0 bridgehead atoms. The lowest BCUT2D eigenvalue weighted by molar-refractivity contribution is 0.174. The van der Waals surface area contributed by atoms with Gasteiger partial charge in [0.1, 0.15) is 17.2 Å². The van der Waals surface area contributed by atoms with E-state index in [0.29, 0.717) is 40.2 Å². The predicted molar refractivity (Wildman–Crippen MR) is 128 cm³/mol. The van der Waals surface area contributed by atoms with Crippen LogP contribution in [0.4, 0.5) is 0 Å². The Kier molecular flexibility index (Phi) is 3.95. The second kappa shape index (κ2) is 7.14.